The lowest BCUT2D eigenvalue weighted by molar-refractivity contribution is 0.0262. The summed E-state index contributed by atoms with van der Waals surface area (Å²) in [7, 11) is 0. The fraction of sp³-hybridized carbons (Fsp3) is 0.750. The lowest BCUT2D eigenvalue weighted by atomic mass is 10.3. The number of hydrogen-bond donors (Lipinski definition) is 0. The fourth-order valence-corrected chi connectivity index (χ4v) is 1.51. The Morgan fingerprint density at radius 3 is 1.50 bits per heavy atom. The van der Waals surface area contributed by atoms with Gasteiger partial charge in [-0.15, -0.1) is 0 Å². The van der Waals surface area contributed by atoms with Crippen LogP contribution in [0, 0.1) is 0 Å². The van der Waals surface area contributed by atoms with Crippen LogP contribution in [0.2, 0.25) is 0 Å². The van der Waals surface area contributed by atoms with Gasteiger partial charge in [0.1, 0.15) is 13.2 Å². The van der Waals surface area contributed by atoms with Crippen molar-refractivity contribution in [3.8, 4) is 0 Å². The first-order valence-corrected chi connectivity index (χ1v) is 4.61. The number of fused-ring (bicyclic) bond motifs is 7. The molecule has 2 amide bonds. The molecule has 0 aromatic heterocycles. The third kappa shape index (κ3) is 1.73. The highest BCUT2D eigenvalue weighted by Gasteiger charge is 2.27. The standard InChI is InChI=1S/C8H12N2O4/c11-7-9-1-2-10(4-3-9)8(12)14-6-5-13-7/h1-6H2. The van der Waals surface area contributed by atoms with Crippen molar-refractivity contribution in [2.75, 3.05) is 39.4 Å². The molecule has 14 heavy (non-hydrogen) atoms. The second kappa shape index (κ2) is 3.73. The fourth-order valence-electron chi connectivity index (χ4n) is 1.51. The van der Waals surface area contributed by atoms with Gasteiger partial charge < -0.3 is 19.3 Å². The van der Waals surface area contributed by atoms with E-state index in [4.69, 9.17) is 9.47 Å². The highest BCUT2D eigenvalue weighted by Crippen LogP contribution is 2.07. The molecule has 0 aromatic rings. The van der Waals surface area contributed by atoms with Crippen LogP contribution in [0.4, 0.5) is 9.59 Å². The molecule has 0 unspecified atom stereocenters. The average molecular weight is 200 g/mol. The Labute approximate surface area is 81.4 Å². The molecular formula is C8H12N2O4. The van der Waals surface area contributed by atoms with Crippen molar-refractivity contribution < 1.29 is 19.1 Å². The van der Waals surface area contributed by atoms with Crippen molar-refractivity contribution >= 4 is 12.2 Å². The SMILES string of the molecule is O=C1OCCOC(=O)N2CCN1CC2. The molecule has 2 bridgehead atoms. The van der Waals surface area contributed by atoms with Crippen LogP contribution in [-0.4, -0.2) is 61.4 Å². The summed E-state index contributed by atoms with van der Waals surface area (Å²) in [4.78, 5) is 25.8. The van der Waals surface area contributed by atoms with Gasteiger partial charge in [0.2, 0.25) is 0 Å². The predicted octanol–water partition coefficient (Wildman–Crippen LogP) is -0.109. The van der Waals surface area contributed by atoms with Crippen LogP contribution in [0.15, 0.2) is 0 Å². The summed E-state index contributed by atoms with van der Waals surface area (Å²) in [5.41, 5.74) is 0. The van der Waals surface area contributed by atoms with E-state index in [-0.39, 0.29) is 25.4 Å². The average Bonchev–Trinajstić information content (AvgIpc) is 2.23. The second-order valence-electron chi connectivity index (χ2n) is 3.20. The molecule has 3 heterocycles. The van der Waals surface area contributed by atoms with Crippen molar-refractivity contribution in [3.63, 3.8) is 0 Å². The van der Waals surface area contributed by atoms with Crippen LogP contribution in [0.5, 0.6) is 0 Å². The van der Waals surface area contributed by atoms with Crippen LogP contribution in [0.1, 0.15) is 0 Å². The van der Waals surface area contributed by atoms with Gasteiger partial charge in [0, 0.05) is 26.2 Å². The Morgan fingerprint density at radius 1 is 0.786 bits per heavy atom. The van der Waals surface area contributed by atoms with Gasteiger partial charge in [-0.1, -0.05) is 0 Å². The van der Waals surface area contributed by atoms with Crippen LogP contribution in [0.25, 0.3) is 0 Å². The molecule has 6 nitrogen and oxygen atoms in total. The Balaban J connectivity index is 2.04. The minimum atomic E-state index is -0.317. The summed E-state index contributed by atoms with van der Waals surface area (Å²) in [5, 5.41) is 0. The number of nitrogens with zero attached hydrogens (tertiary/aromatic N) is 2. The van der Waals surface area contributed by atoms with E-state index in [2.05, 4.69) is 0 Å². The summed E-state index contributed by atoms with van der Waals surface area (Å²) in [5.74, 6) is 0. The molecule has 0 saturated carbocycles. The molecule has 3 aliphatic rings. The normalized spacial score (nSPS) is 23.1. The number of hydrogen-bond acceptors (Lipinski definition) is 4. The van der Waals surface area contributed by atoms with Crippen molar-refractivity contribution in [1.82, 2.24) is 9.80 Å². The first-order valence-electron chi connectivity index (χ1n) is 4.61. The Morgan fingerprint density at radius 2 is 1.14 bits per heavy atom. The number of carbonyl (C=O) groups excluding carboxylic acids is 2. The van der Waals surface area contributed by atoms with E-state index in [9.17, 15) is 9.59 Å². The molecule has 0 N–H and O–H groups in total. The quantitative estimate of drug-likeness (QED) is 0.547. The molecule has 3 aliphatic heterocycles. The molecule has 6 heteroatoms. The van der Waals surface area contributed by atoms with Gasteiger partial charge in [-0.05, 0) is 0 Å². The van der Waals surface area contributed by atoms with Crippen molar-refractivity contribution in [3.05, 3.63) is 0 Å². The van der Waals surface area contributed by atoms with Crippen molar-refractivity contribution in [2.24, 2.45) is 0 Å². The largest absolute Gasteiger partial charge is 0.446 e. The van der Waals surface area contributed by atoms with E-state index in [1.54, 1.807) is 9.80 Å². The number of rotatable bonds is 0. The van der Waals surface area contributed by atoms with E-state index >= 15 is 0 Å². The summed E-state index contributed by atoms with van der Waals surface area (Å²) < 4.78 is 9.77. The molecule has 3 fully saturated rings. The van der Waals surface area contributed by atoms with Gasteiger partial charge in [0.15, 0.2) is 0 Å². The first kappa shape index (κ1) is 9.11. The zero-order valence-corrected chi connectivity index (χ0v) is 7.77. The molecule has 0 aliphatic carbocycles. The first-order chi connectivity index (χ1) is 6.77. The van der Waals surface area contributed by atoms with Gasteiger partial charge >= 0.3 is 12.2 Å². The summed E-state index contributed by atoms with van der Waals surface area (Å²) in [6.45, 7) is 2.35. The van der Waals surface area contributed by atoms with E-state index in [1.165, 1.54) is 0 Å². The number of amides is 2. The van der Waals surface area contributed by atoms with Gasteiger partial charge in [0.25, 0.3) is 0 Å². The molecule has 0 spiro atoms. The highest BCUT2D eigenvalue weighted by atomic mass is 16.6. The lowest BCUT2D eigenvalue weighted by Gasteiger charge is -2.34. The molecule has 3 rings (SSSR count). The van der Waals surface area contributed by atoms with Crippen LogP contribution in [-0.2, 0) is 9.47 Å². The van der Waals surface area contributed by atoms with Crippen LogP contribution in [0.3, 0.4) is 0 Å². The van der Waals surface area contributed by atoms with Crippen molar-refractivity contribution in [2.45, 2.75) is 0 Å². The molecule has 78 valence electrons. The van der Waals surface area contributed by atoms with Crippen LogP contribution < -0.4 is 0 Å². The Bertz CT molecular complexity index is 222. The third-order valence-electron chi connectivity index (χ3n) is 2.33. The van der Waals surface area contributed by atoms with E-state index in [0.29, 0.717) is 26.2 Å². The highest BCUT2D eigenvalue weighted by molar-refractivity contribution is 5.70. The van der Waals surface area contributed by atoms with Gasteiger partial charge in [0.05, 0.1) is 0 Å². The maximum absolute atomic E-state index is 11.3. The predicted molar refractivity (Wildman–Crippen MR) is 45.8 cm³/mol. The van der Waals surface area contributed by atoms with Gasteiger partial charge in [-0.3, -0.25) is 0 Å². The zero-order chi connectivity index (χ0) is 9.97. The number of ether oxygens (including phenoxy) is 2. The van der Waals surface area contributed by atoms with Crippen molar-refractivity contribution in [1.29, 1.82) is 0 Å². The molecule has 0 radical (unpaired) electrons. The van der Waals surface area contributed by atoms with E-state index in [1.807, 2.05) is 0 Å². The van der Waals surface area contributed by atoms with Gasteiger partial charge in [-0.25, -0.2) is 9.59 Å². The Hall–Kier alpha value is -1.46. The van der Waals surface area contributed by atoms with E-state index in [0.717, 1.165) is 0 Å². The topological polar surface area (TPSA) is 59.1 Å². The third-order valence-corrected chi connectivity index (χ3v) is 2.33. The Kier molecular flexibility index (Phi) is 2.43. The molecular weight excluding hydrogens is 188 g/mol. The van der Waals surface area contributed by atoms with Gasteiger partial charge in [-0.2, -0.15) is 0 Å². The smallest absolute Gasteiger partial charge is 0.410 e. The molecule has 0 atom stereocenters. The lowest BCUT2D eigenvalue weighted by Crippen LogP contribution is -2.52. The second-order valence-corrected chi connectivity index (χ2v) is 3.20. The van der Waals surface area contributed by atoms with Crippen LogP contribution >= 0.6 is 0 Å². The number of carbonyl (C=O) groups is 2. The summed E-state index contributed by atoms with van der Waals surface area (Å²) >= 11 is 0. The minimum Gasteiger partial charge on any atom is -0.446 e. The minimum absolute atomic E-state index is 0.134. The summed E-state index contributed by atoms with van der Waals surface area (Å²) in [6.07, 6.45) is -0.634. The summed E-state index contributed by atoms with van der Waals surface area (Å²) in [6, 6.07) is 0. The molecule has 3 saturated heterocycles. The monoisotopic (exact) mass is 200 g/mol. The van der Waals surface area contributed by atoms with E-state index < -0.39 is 0 Å². The number of piperazine rings is 1. The molecule has 0 aromatic carbocycles. The zero-order valence-electron chi connectivity index (χ0n) is 7.77. The maximum Gasteiger partial charge on any atom is 0.410 e. The maximum atomic E-state index is 11.3.